The minimum absolute atomic E-state index is 0.0724. The van der Waals surface area contributed by atoms with Gasteiger partial charge in [0.2, 0.25) is 11.8 Å². The number of hydrogen-bond donors (Lipinski definition) is 3. The molecule has 1 saturated carbocycles. The summed E-state index contributed by atoms with van der Waals surface area (Å²) in [5.74, 6) is 0.0996. The molecule has 0 spiro atoms. The van der Waals surface area contributed by atoms with Crippen molar-refractivity contribution in [3.05, 3.63) is 41.4 Å². The van der Waals surface area contributed by atoms with Gasteiger partial charge in [0.1, 0.15) is 23.7 Å². The number of halogens is 3. The van der Waals surface area contributed by atoms with Crippen molar-refractivity contribution in [1.29, 1.82) is 0 Å². The predicted octanol–water partition coefficient (Wildman–Crippen LogP) is 3.51. The van der Waals surface area contributed by atoms with Crippen molar-refractivity contribution in [3.63, 3.8) is 0 Å². The van der Waals surface area contributed by atoms with E-state index in [0.717, 1.165) is 30.6 Å². The van der Waals surface area contributed by atoms with Crippen molar-refractivity contribution >= 4 is 23.7 Å². The summed E-state index contributed by atoms with van der Waals surface area (Å²) >= 11 is 0. The average Bonchev–Trinajstić information content (AvgIpc) is 3.51. The van der Waals surface area contributed by atoms with Gasteiger partial charge in [-0.15, -0.1) is 0 Å². The smallest absolute Gasteiger partial charge is 0.382 e. The lowest BCUT2D eigenvalue weighted by molar-refractivity contribution is -0.150. The highest BCUT2D eigenvalue weighted by atomic mass is 19.4. The zero-order chi connectivity index (χ0) is 29.7. The maximum atomic E-state index is 13.5. The summed E-state index contributed by atoms with van der Waals surface area (Å²) in [5.41, 5.74) is 1.07. The van der Waals surface area contributed by atoms with Crippen LogP contribution in [-0.2, 0) is 20.7 Å². The van der Waals surface area contributed by atoms with Crippen LogP contribution in [0.4, 0.5) is 23.8 Å². The van der Waals surface area contributed by atoms with Crippen molar-refractivity contribution in [3.8, 4) is 0 Å². The summed E-state index contributed by atoms with van der Waals surface area (Å²) in [6.45, 7) is 3.24. The van der Waals surface area contributed by atoms with E-state index >= 15 is 0 Å². The number of rotatable bonds is 10. The zero-order valence-electron chi connectivity index (χ0n) is 23.2. The normalized spacial score (nSPS) is 22.6. The molecule has 11 nitrogen and oxygen atoms in total. The van der Waals surface area contributed by atoms with E-state index in [4.69, 9.17) is 9.26 Å². The zero-order valence-corrected chi connectivity index (χ0v) is 23.2. The Morgan fingerprint density at radius 3 is 2.59 bits per heavy atom. The molecule has 41 heavy (non-hydrogen) atoms. The van der Waals surface area contributed by atoms with Crippen LogP contribution in [0.25, 0.3) is 0 Å². The second-order valence-corrected chi connectivity index (χ2v) is 10.8. The van der Waals surface area contributed by atoms with Gasteiger partial charge in [0, 0.05) is 19.4 Å². The Morgan fingerprint density at radius 2 is 1.98 bits per heavy atom. The van der Waals surface area contributed by atoms with Crippen molar-refractivity contribution in [2.45, 2.75) is 70.3 Å². The van der Waals surface area contributed by atoms with Gasteiger partial charge in [-0.2, -0.15) is 13.2 Å². The lowest BCUT2D eigenvalue weighted by Crippen LogP contribution is -2.49. The first-order valence-electron chi connectivity index (χ1n) is 13.6. The minimum Gasteiger partial charge on any atom is -0.382 e. The van der Waals surface area contributed by atoms with Crippen LogP contribution in [-0.4, -0.2) is 71.4 Å². The molecular weight excluding hydrogens is 545 g/mol. The number of pyridine rings is 1. The number of urea groups is 1. The molecule has 14 heteroatoms. The van der Waals surface area contributed by atoms with Gasteiger partial charge < -0.3 is 30.1 Å². The van der Waals surface area contributed by atoms with Gasteiger partial charge in [-0.25, -0.2) is 9.78 Å². The Balaban J connectivity index is 1.50. The number of alkyl halides is 3. The molecule has 2 fully saturated rings. The number of anilines is 1. The highest BCUT2D eigenvalue weighted by Gasteiger charge is 2.48. The van der Waals surface area contributed by atoms with Crippen LogP contribution in [0.1, 0.15) is 55.7 Å². The third-order valence-electron chi connectivity index (χ3n) is 7.60. The standard InChI is InChI=1S/C27H35F3N6O5/c1-15-4-6-17(7-5-15)24(34-23(37)12-19-10-16(2)35-41-19)25(38)33-22-11-18(8-9-31-22)20(14-40-3)36-13-21(27(28,29)30)32-26(36)39/h8-11,15,17,20-21,24H,4-7,12-14H2,1-3H3,(H,32,39)(H,34,37)(H,31,33,38)/t15?,17?,20?,21-,24-/m0/s1. The fourth-order valence-corrected chi connectivity index (χ4v) is 5.36. The highest BCUT2D eigenvalue weighted by molar-refractivity contribution is 5.97. The Hall–Kier alpha value is -3.68. The second-order valence-electron chi connectivity index (χ2n) is 10.8. The number of ether oxygens (including phenoxy) is 1. The third kappa shape index (κ3) is 7.75. The number of aryl methyl sites for hydroxylation is 1. The van der Waals surface area contributed by atoms with Gasteiger partial charge in [-0.05, 0) is 49.3 Å². The summed E-state index contributed by atoms with van der Waals surface area (Å²) in [5, 5.41) is 11.4. The first kappa shape index (κ1) is 30.3. The van der Waals surface area contributed by atoms with Gasteiger partial charge in [-0.1, -0.05) is 24.9 Å². The first-order valence-corrected chi connectivity index (χ1v) is 13.6. The topological polar surface area (TPSA) is 139 Å². The maximum absolute atomic E-state index is 13.5. The van der Waals surface area contributed by atoms with E-state index in [1.54, 1.807) is 19.1 Å². The molecule has 4 rings (SSSR count). The highest BCUT2D eigenvalue weighted by Crippen LogP contribution is 2.32. The van der Waals surface area contributed by atoms with E-state index in [1.165, 1.54) is 19.4 Å². The lowest BCUT2D eigenvalue weighted by atomic mass is 9.79. The lowest BCUT2D eigenvalue weighted by Gasteiger charge is -2.32. The molecule has 2 aromatic heterocycles. The van der Waals surface area contributed by atoms with Crippen molar-refractivity contribution in [2.75, 3.05) is 25.6 Å². The molecule has 224 valence electrons. The van der Waals surface area contributed by atoms with Crippen molar-refractivity contribution in [2.24, 2.45) is 11.8 Å². The number of nitrogens with zero attached hydrogens (tertiary/aromatic N) is 3. The van der Waals surface area contributed by atoms with Gasteiger partial charge in [0.25, 0.3) is 0 Å². The predicted molar refractivity (Wildman–Crippen MR) is 141 cm³/mol. The molecule has 4 amide bonds. The number of aromatic nitrogens is 2. The van der Waals surface area contributed by atoms with E-state index in [0.29, 0.717) is 22.9 Å². The molecule has 1 unspecified atom stereocenters. The van der Waals surface area contributed by atoms with E-state index in [9.17, 15) is 27.6 Å². The van der Waals surface area contributed by atoms with Gasteiger partial charge >= 0.3 is 12.2 Å². The number of carbonyl (C=O) groups excluding carboxylic acids is 3. The molecule has 3 atom stereocenters. The van der Waals surface area contributed by atoms with Crippen LogP contribution < -0.4 is 16.0 Å². The Morgan fingerprint density at radius 1 is 1.24 bits per heavy atom. The number of hydrogen-bond acceptors (Lipinski definition) is 7. The van der Waals surface area contributed by atoms with E-state index in [1.807, 2.05) is 5.32 Å². The monoisotopic (exact) mass is 580 g/mol. The van der Waals surface area contributed by atoms with Crippen molar-refractivity contribution in [1.82, 2.24) is 25.7 Å². The number of carbonyl (C=O) groups is 3. The summed E-state index contributed by atoms with van der Waals surface area (Å²) in [7, 11) is 1.38. The molecule has 1 aliphatic heterocycles. The van der Waals surface area contributed by atoms with Gasteiger partial charge in [-0.3, -0.25) is 9.59 Å². The van der Waals surface area contributed by atoms with Crippen LogP contribution >= 0.6 is 0 Å². The number of nitrogens with one attached hydrogen (secondary N) is 3. The molecule has 0 aromatic carbocycles. The molecule has 2 aromatic rings. The van der Waals surface area contributed by atoms with Crippen molar-refractivity contribution < 1.29 is 36.8 Å². The molecule has 0 bridgehead atoms. The second kappa shape index (κ2) is 12.9. The molecule has 0 radical (unpaired) electrons. The van der Waals surface area contributed by atoms with Crippen LogP contribution in [0.5, 0.6) is 0 Å². The molecular formula is C27H35F3N6O5. The van der Waals surface area contributed by atoms with E-state index in [-0.39, 0.29) is 30.7 Å². The van der Waals surface area contributed by atoms with Crippen LogP contribution in [0.3, 0.4) is 0 Å². The fourth-order valence-electron chi connectivity index (χ4n) is 5.36. The fraction of sp³-hybridized carbons (Fsp3) is 0.593. The Bertz CT molecular complexity index is 1230. The Labute approximate surface area is 235 Å². The van der Waals surface area contributed by atoms with Crippen LogP contribution in [0.2, 0.25) is 0 Å². The van der Waals surface area contributed by atoms with Gasteiger partial charge in [0.05, 0.1) is 31.3 Å². The van der Waals surface area contributed by atoms with Crippen LogP contribution in [0, 0.1) is 18.8 Å². The summed E-state index contributed by atoms with van der Waals surface area (Å²) < 4.78 is 50.1. The average molecular weight is 581 g/mol. The molecule has 2 aliphatic rings. The van der Waals surface area contributed by atoms with E-state index < -0.39 is 42.8 Å². The summed E-state index contributed by atoms with van der Waals surface area (Å²) in [6.07, 6.45) is 0.0945. The molecule has 1 saturated heterocycles. The summed E-state index contributed by atoms with van der Waals surface area (Å²) in [4.78, 5) is 44.1. The molecule has 3 heterocycles. The van der Waals surface area contributed by atoms with E-state index in [2.05, 4.69) is 27.7 Å². The third-order valence-corrected chi connectivity index (χ3v) is 7.60. The minimum atomic E-state index is -4.60. The molecule has 3 N–H and O–H groups in total. The SMILES string of the molecule is COCC(c1ccnc(NC(=O)[C@@H](NC(=O)Cc2cc(C)no2)C2CCC(C)CC2)c1)N1C[C@@H](C(F)(F)F)NC1=O. The maximum Gasteiger partial charge on any atom is 0.410 e. The molecule has 1 aliphatic carbocycles. The Kier molecular flexibility index (Phi) is 9.51. The summed E-state index contributed by atoms with van der Waals surface area (Å²) in [6, 6.07) is 0.138. The quantitative estimate of drug-likeness (QED) is 0.391. The number of amides is 4. The van der Waals surface area contributed by atoms with Gasteiger partial charge in [0.15, 0.2) is 0 Å². The first-order chi connectivity index (χ1) is 19.4. The largest absolute Gasteiger partial charge is 0.410 e. The number of methoxy groups -OCH3 is 1. The van der Waals surface area contributed by atoms with Crippen LogP contribution in [0.15, 0.2) is 28.9 Å².